The van der Waals surface area contributed by atoms with Gasteiger partial charge in [0.15, 0.2) is 0 Å². The van der Waals surface area contributed by atoms with Crippen molar-refractivity contribution in [3.8, 4) is 0 Å². The van der Waals surface area contributed by atoms with Crippen molar-refractivity contribution in [2.75, 3.05) is 11.4 Å². The number of anilines is 1. The van der Waals surface area contributed by atoms with Crippen LogP contribution in [0.15, 0.2) is 24.3 Å². The van der Waals surface area contributed by atoms with Gasteiger partial charge in [-0.15, -0.1) is 0 Å². The highest BCUT2D eigenvalue weighted by Crippen LogP contribution is 2.26. The molecule has 0 spiro atoms. The normalized spacial score (nSPS) is 20.6. The Hall–Kier alpha value is -1.02. The monoisotopic (exact) mass is 232 g/mol. The van der Waals surface area contributed by atoms with E-state index in [1.807, 2.05) is 0 Å². The van der Waals surface area contributed by atoms with Crippen LogP contribution in [0.5, 0.6) is 0 Å². The Labute approximate surface area is 105 Å². The topological polar surface area (TPSA) is 15.3 Å². The first-order valence-corrected chi connectivity index (χ1v) is 6.67. The molecule has 1 aromatic rings. The lowest BCUT2D eigenvalue weighted by molar-refractivity contribution is 0.398. The summed E-state index contributed by atoms with van der Waals surface area (Å²) in [4.78, 5) is 2.53. The number of hydrogen-bond acceptors (Lipinski definition) is 2. The van der Waals surface area contributed by atoms with Crippen LogP contribution in [-0.2, 0) is 6.54 Å². The van der Waals surface area contributed by atoms with Gasteiger partial charge in [-0.3, -0.25) is 0 Å². The summed E-state index contributed by atoms with van der Waals surface area (Å²) in [5, 5.41) is 3.68. The second kappa shape index (κ2) is 5.09. The van der Waals surface area contributed by atoms with Gasteiger partial charge >= 0.3 is 0 Å². The first-order chi connectivity index (χ1) is 8.09. The third-order valence-corrected chi connectivity index (χ3v) is 3.68. The van der Waals surface area contributed by atoms with Crippen molar-refractivity contribution in [2.24, 2.45) is 5.92 Å². The molecule has 0 saturated heterocycles. The number of para-hydroxylation sites is 1. The van der Waals surface area contributed by atoms with E-state index >= 15 is 0 Å². The van der Waals surface area contributed by atoms with E-state index in [-0.39, 0.29) is 0 Å². The molecule has 1 atom stereocenters. The minimum absolute atomic E-state index is 0.553. The van der Waals surface area contributed by atoms with E-state index in [0.29, 0.717) is 18.0 Å². The first-order valence-electron chi connectivity index (χ1n) is 6.67. The zero-order valence-electron chi connectivity index (χ0n) is 11.4. The van der Waals surface area contributed by atoms with Crippen molar-refractivity contribution in [2.45, 2.75) is 46.3 Å². The quantitative estimate of drug-likeness (QED) is 0.843. The lowest BCUT2D eigenvalue weighted by Gasteiger charge is -2.32. The number of hydrogen-bond donors (Lipinski definition) is 1. The second-order valence-corrected chi connectivity index (χ2v) is 5.61. The second-order valence-electron chi connectivity index (χ2n) is 5.61. The van der Waals surface area contributed by atoms with Gasteiger partial charge in [0, 0.05) is 30.9 Å². The standard InChI is InChI=1S/C15H24N2/c1-11(2)14-10-17(12(3)4)15-8-6-5-7-13(15)9-16-14/h5-8,11-12,14,16H,9-10H2,1-4H3. The van der Waals surface area contributed by atoms with Gasteiger partial charge in [-0.2, -0.15) is 0 Å². The Morgan fingerprint density at radius 1 is 1.18 bits per heavy atom. The molecule has 2 rings (SSSR count). The molecule has 1 heterocycles. The van der Waals surface area contributed by atoms with Crippen LogP contribution in [0, 0.1) is 5.92 Å². The Balaban J connectivity index is 2.32. The van der Waals surface area contributed by atoms with Crippen molar-refractivity contribution >= 4 is 5.69 Å². The maximum absolute atomic E-state index is 3.68. The van der Waals surface area contributed by atoms with Gasteiger partial charge in [0.05, 0.1) is 0 Å². The molecule has 1 aliphatic heterocycles. The molecule has 0 aliphatic carbocycles. The molecular weight excluding hydrogens is 208 g/mol. The molecule has 0 aromatic heterocycles. The molecule has 2 nitrogen and oxygen atoms in total. The fourth-order valence-corrected chi connectivity index (χ4v) is 2.49. The van der Waals surface area contributed by atoms with E-state index in [1.165, 1.54) is 11.3 Å². The number of nitrogens with one attached hydrogen (secondary N) is 1. The van der Waals surface area contributed by atoms with Gasteiger partial charge in [-0.05, 0) is 31.4 Å². The van der Waals surface area contributed by atoms with Crippen molar-refractivity contribution < 1.29 is 0 Å². The predicted octanol–water partition coefficient (Wildman–Crippen LogP) is 3.03. The van der Waals surface area contributed by atoms with Gasteiger partial charge in [0.25, 0.3) is 0 Å². The zero-order valence-corrected chi connectivity index (χ0v) is 11.4. The predicted molar refractivity (Wildman–Crippen MR) is 74.4 cm³/mol. The van der Waals surface area contributed by atoms with Crippen LogP contribution in [0.25, 0.3) is 0 Å². The van der Waals surface area contributed by atoms with Crippen molar-refractivity contribution in [1.82, 2.24) is 5.32 Å². The summed E-state index contributed by atoms with van der Waals surface area (Å²) in [5.74, 6) is 0.672. The number of benzene rings is 1. The number of fused-ring (bicyclic) bond motifs is 1. The Bertz CT molecular complexity index is 371. The highest BCUT2D eigenvalue weighted by Gasteiger charge is 2.24. The van der Waals surface area contributed by atoms with Crippen LogP contribution in [0.2, 0.25) is 0 Å². The minimum atomic E-state index is 0.553. The molecule has 0 saturated carbocycles. The molecule has 0 bridgehead atoms. The first kappa shape index (κ1) is 12.4. The van der Waals surface area contributed by atoms with E-state index in [4.69, 9.17) is 0 Å². The van der Waals surface area contributed by atoms with Crippen molar-refractivity contribution in [3.05, 3.63) is 29.8 Å². The lowest BCUT2D eigenvalue weighted by atomic mass is 10.0. The van der Waals surface area contributed by atoms with Crippen LogP contribution >= 0.6 is 0 Å². The molecule has 1 N–H and O–H groups in total. The Morgan fingerprint density at radius 2 is 1.88 bits per heavy atom. The molecule has 0 fully saturated rings. The average Bonchev–Trinajstić information content (AvgIpc) is 2.48. The highest BCUT2D eigenvalue weighted by atomic mass is 15.2. The van der Waals surface area contributed by atoms with Gasteiger partial charge < -0.3 is 10.2 Å². The molecule has 1 aliphatic rings. The molecule has 0 radical (unpaired) electrons. The van der Waals surface area contributed by atoms with E-state index in [9.17, 15) is 0 Å². The van der Waals surface area contributed by atoms with Crippen LogP contribution in [0.4, 0.5) is 5.69 Å². The van der Waals surface area contributed by atoms with E-state index in [0.717, 1.165) is 13.1 Å². The van der Waals surface area contributed by atoms with Crippen molar-refractivity contribution in [3.63, 3.8) is 0 Å². The maximum Gasteiger partial charge on any atom is 0.0414 e. The van der Waals surface area contributed by atoms with E-state index in [2.05, 4.69) is 62.2 Å². The highest BCUT2D eigenvalue weighted by molar-refractivity contribution is 5.55. The van der Waals surface area contributed by atoms with Crippen LogP contribution in [-0.4, -0.2) is 18.6 Å². The Kier molecular flexibility index (Phi) is 3.72. The van der Waals surface area contributed by atoms with E-state index in [1.54, 1.807) is 0 Å². The van der Waals surface area contributed by atoms with E-state index < -0.39 is 0 Å². The average molecular weight is 232 g/mol. The third kappa shape index (κ3) is 2.63. The smallest absolute Gasteiger partial charge is 0.0414 e. The van der Waals surface area contributed by atoms with Gasteiger partial charge in [-0.25, -0.2) is 0 Å². The van der Waals surface area contributed by atoms with Gasteiger partial charge in [-0.1, -0.05) is 32.0 Å². The number of rotatable bonds is 2. The summed E-state index contributed by atoms with van der Waals surface area (Å²) in [7, 11) is 0. The fourth-order valence-electron chi connectivity index (χ4n) is 2.49. The SMILES string of the molecule is CC(C)C1CN(C(C)C)c2ccccc2CN1. The minimum Gasteiger partial charge on any atom is -0.367 e. The molecule has 17 heavy (non-hydrogen) atoms. The molecule has 2 heteroatoms. The molecule has 0 amide bonds. The fraction of sp³-hybridized carbons (Fsp3) is 0.600. The lowest BCUT2D eigenvalue weighted by Crippen LogP contribution is -2.44. The molecule has 94 valence electrons. The molecule has 1 unspecified atom stereocenters. The Morgan fingerprint density at radius 3 is 2.53 bits per heavy atom. The summed E-state index contributed by atoms with van der Waals surface area (Å²) in [6.07, 6.45) is 0. The maximum atomic E-state index is 3.68. The van der Waals surface area contributed by atoms with Crippen LogP contribution in [0.1, 0.15) is 33.3 Å². The van der Waals surface area contributed by atoms with Gasteiger partial charge in [0.1, 0.15) is 0 Å². The van der Waals surface area contributed by atoms with Gasteiger partial charge in [0.2, 0.25) is 0 Å². The summed E-state index contributed by atoms with van der Waals surface area (Å²) in [6.45, 7) is 11.2. The number of nitrogens with zero attached hydrogens (tertiary/aromatic N) is 1. The summed E-state index contributed by atoms with van der Waals surface area (Å²) < 4.78 is 0. The summed E-state index contributed by atoms with van der Waals surface area (Å²) in [5.41, 5.74) is 2.82. The largest absolute Gasteiger partial charge is 0.367 e. The molecular formula is C15H24N2. The molecule has 1 aromatic carbocycles. The zero-order chi connectivity index (χ0) is 12.4. The van der Waals surface area contributed by atoms with Crippen LogP contribution < -0.4 is 10.2 Å². The summed E-state index contributed by atoms with van der Waals surface area (Å²) >= 11 is 0. The summed E-state index contributed by atoms with van der Waals surface area (Å²) in [6, 6.07) is 9.89. The van der Waals surface area contributed by atoms with Crippen LogP contribution in [0.3, 0.4) is 0 Å². The van der Waals surface area contributed by atoms with Crippen molar-refractivity contribution in [1.29, 1.82) is 0 Å². The third-order valence-electron chi connectivity index (χ3n) is 3.68.